The SMILES string of the molecule is O=C(Nc1cn2nc(-c3cccnc3)ccc2n1)c1ccco1. The van der Waals surface area contributed by atoms with Crippen molar-refractivity contribution >= 4 is 17.4 Å². The monoisotopic (exact) mass is 305 g/mol. The van der Waals surface area contributed by atoms with Gasteiger partial charge < -0.3 is 9.73 Å². The van der Waals surface area contributed by atoms with Crippen molar-refractivity contribution in [2.75, 3.05) is 5.32 Å². The molecule has 7 heteroatoms. The highest BCUT2D eigenvalue weighted by molar-refractivity contribution is 6.01. The molecule has 1 N–H and O–H groups in total. The summed E-state index contributed by atoms with van der Waals surface area (Å²) in [7, 11) is 0. The minimum atomic E-state index is -0.356. The maximum atomic E-state index is 12.0. The van der Waals surface area contributed by atoms with Crippen LogP contribution in [-0.2, 0) is 0 Å². The molecule has 4 heterocycles. The van der Waals surface area contributed by atoms with E-state index >= 15 is 0 Å². The lowest BCUT2D eigenvalue weighted by molar-refractivity contribution is 0.0996. The molecule has 0 spiro atoms. The summed E-state index contributed by atoms with van der Waals surface area (Å²) in [5, 5.41) is 7.15. The van der Waals surface area contributed by atoms with Gasteiger partial charge in [0, 0.05) is 18.0 Å². The molecule has 0 atom stereocenters. The van der Waals surface area contributed by atoms with Gasteiger partial charge in [0.1, 0.15) is 0 Å². The van der Waals surface area contributed by atoms with Gasteiger partial charge in [0.05, 0.1) is 18.2 Å². The second-order valence-electron chi connectivity index (χ2n) is 4.82. The summed E-state index contributed by atoms with van der Waals surface area (Å²) in [4.78, 5) is 20.3. The Morgan fingerprint density at radius 2 is 2.13 bits per heavy atom. The third-order valence-corrected chi connectivity index (χ3v) is 3.26. The van der Waals surface area contributed by atoms with Crippen molar-refractivity contribution < 1.29 is 9.21 Å². The van der Waals surface area contributed by atoms with Gasteiger partial charge in [-0.05, 0) is 36.4 Å². The standard InChI is InChI=1S/C16H11N5O2/c22-16(13-4-2-8-23-13)19-14-10-21-15(18-14)6-5-12(20-21)11-3-1-7-17-9-11/h1-10H,(H,19,22). The Labute approximate surface area is 130 Å². The first-order valence-electron chi connectivity index (χ1n) is 6.91. The minimum absolute atomic E-state index is 0.228. The van der Waals surface area contributed by atoms with Crippen LogP contribution in [0.5, 0.6) is 0 Å². The summed E-state index contributed by atoms with van der Waals surface area (Å²) in [6, 6.07) is 10.7. The number of furan rings is 1. The number of aromatic nitrogens is 4. The largest absolute Gasteiger partial charge is 0.459 e. The van der Waals surface area contributed by atoms with Crippen LogP contribution in [0.3, 0.4) is 0 Å². The van der Waals surface area contributed by atoms with Gasteiger partial charge in [0.25, 0.3) is 5.91 Å². The molecule has 0 aromatic carbocycles. The fourth-order valence-corrected chi connectivity index (χ4v) is 2.20. The number of hydrogen-bond donors (Lipinski definition) is 1. The highest BCUT2D eigenvalue weighted by atomic mass is 16.3. The van der Waals surface area contributed by atoms with Crippen LogP contribution in [0, 0.1) is 0 Å². The van der Waals surface area contributed by atoms with Gasteiger partial charge >= 0.3 is 0 Å². The van der Waals surface area contributed by atoms with Crippen LogP contribution < -0.4 is 5.32 Å². The van der Waals surface area contributed by atoms with Crippen molar-refractivity contribution in [2.24, 2.45) is 0 Å². The minimum Gasteiger partial charge on any atom is -0.459 e. The van der Waals surface area contributed by atoms with E-state index in [0.717, 1.165) is 11.3 Å². The van der Waals surface area contributed by atoms with Crippen molar-refractivity contribution in [3.63, 3.8) is 0 Å². The molecule has 0 fully saturated rings. The molecule has 0 aliphatic heterocycles. The third-order valence-electron chi connectivity index (χ3n) is 3.26. The van der Waals surface area contributed by atoms with E-state index in [0.29, 0.717) is 11.5 Å². The predicted octanol–water partition coefficient (Wildman–Crippen LogP) is 2.64. The second kappa shape index (κ2) is 5.38. The van der Waals surface area contributed by atoms with Gasteiger partial charge in [-0.15, -0.1) is 0 Å². The zero-order valence-electron chi connectivity index (χ0n) is 11.9. The third kappa shape index (κ3) is 2.55. The number of carbonyl (C=O) groups is 1. The summed E-state index contributed by atoms with van der Waals surface area (Å²) in [5.41, 5.74) is 2.31. The molecule has 0 unspecified atom stereocenters. The first-order valence-corrected chi connectivity index (χ1v) is 6.91. The van der Waals surface area contributed by atoms with Gasteiger partial charge in [-0.1, -0.05) is 0 Å². The average Bonchev–Trinajstić information content (AvgIpc) is 3.24. The normalized spacial score (nSPS) is 10.8. The Bertz CT molecular complexity index is 961. The van der Waals surface area contributed by atoms with Crippen molar-refractivity contribution in [3.8, 4) is 11.3 Å². The van der Waals surface area contributed by atoms with E-state index in [-0.39, 0.29) is 11.7 Å². The molecule has 0 saturated carbocycles. The number of nitrogens with one attached hydrogen (secondary N) is 1. The molecule has 7 nitrogen and oxygen atoms in total. The Kier molecular flexibility index (Phi) is 3.09. The molecule has 0 aliphatic rings. The van der Waals surface area contributed by atoms with E-state index in [4.69, 9.17) is 4.42 Å². The lowest BCUT2D eigenvalue weighted by Crippen LogP contribution is -2.10. The number of rotatable bonds is 3. The highest BCUT2D eigenvalue weighted by Gasteiger charge is 2.11. The van der Waals surface area contributed by atoms with Crippen molar-refractivity contribution in [1.29, 1.82) is 0 Å². The topological polar surface area (TPSA) is 85.3 Å². The summed E-state index contributed by atoms with van der Waals surface area (Å²) in [5.74, 6) is 0.277. The summed E-state index contributed by atoms with van der Waals surface area (Å²) in [6.45, 7) is 0. The Balaban J connectivity index is 1.64. The molecule has 1 amide bonds. The van der Waals surface area contributed by atoms with Crippen LogP contribution in [0.1, 0.15) is 10.6 Å². The Morgan fingerprint density at radius 1 is 1.17 bits per heavy atom. The van der Waals surface area contributed by atoms with Crippen LogP contribution in [0.25, 0.3) is 16.9 Å². The quantitative estimate of drug-likeness (QED) is 0.629. The Hall–Kier alpha value is -3.48. The molecule has 0 radical (unpaired) electrons. The fourth-order valence-electron chi connectivity index (χ4n) is 2.20. The van der Waals surface area contributed by atoms with E-state index in [1.807, 2.05) is 24.3 Å². The number of pyridine rings is 1. The van der Waals surface area contributed by atoms with Gasteiger partial charge in [-0.25, -0.2) is 9.50 Å². The number of fused-ring (bicyclic) bond motifs is 1. The van der Waals surface area contributed by atoms with Gasteiger partial charge in [-0.2, -0.15) is 5.10 Å². The van der Waals surface area contributed by atoms with E-state index in [1.165, 1.54) is 6.26 Å². The first kappa shape index (κ1) is 13.2. The van der Waals surface area contributed by atoms with Crippen molar-refractivity contribution in [1.82, 2.24) is 19.6 Å². The molecule has 23 heavy (non-hydrogen) atoms. The van der Waals surface area contributed by atoms with Gasteiger partial charge in [0.15, 0.2) is 17.2 Å². The predicted molar refractivity (Wildman–Crippen MR) is 82.9 cm³/mol. The molecule has 4 aromatic rings. The van der Waals surface area contributed by atoms with Crippen LogP contribution in [0.15, 0.2) is 65.7 Å². The summed E-state index contributed by atoms with van der Waals surface area (Å²) in [6.07, 6.45) is 6.54. The molecular weight excluding hydrogens is 294 g/mol. The second-order valence-corrected chi connectivity index (χ2v) is 4.82. The molecule has 4 aromatic heterocycles. The van der Waals surface area contributed by atoms with Crippen LogP contribution in [-0.4, -0.2) is 25.5 Å². The summed E-state index contributed by atoms with van der Waals surface area (Å²) >= 11 is 0. The number of carbonyl (C=O) groups excluding carboxylic acids is 1. The Morgan fingerprint density at radius 3 is 2.91 bits per heavy atom. The fraction of sp³-hybridized carbons (Fsp3) is 0. The molecule has 4 rings (SSSR count). The first-order chi connectivity index (χ1) is 11.3. The maximum Gasteiger partial charge on any atom is 0.292 e. The molecule has 112 valence electrons. The van der Waals surface area contributed by atoms with Crippen LogP contribution >= 0.6 is 0 Å². The van der Waals surface area contributed by atoms with Crippen molar-refractivity contribution in [3.05, 3.63) is 67.0 Å². The number of imidazole rings is 1. The smallest absolute Gasteiger partial charge is 0.292 e. The summed E-state index contributed by atoms with van der Waals surface area (Å²) < 4.78 is 6.66. The lowest BCUT2D eigenvalue weighted by Gasteiger charge is -1.99. The molecule has 0 saturated heterocycles. The van der Waals surface area contributed by atoms with E-state index in [1.54, 1.807) is 35.2 Å². The molecule has 0 bridgehead atoms. The van der Waals surface area contributed by atoms with E-state index < -0.39 is 0 Å². The number of amides is 1. The molecular formula is C16H11N5O2. The van der Waals surface area contributed by atoms with Crippen molar-refractivity contribution in [2.45, 2.75) is 0 Å². The number of nitrogens with zero attached hydrogens (tertiary/aromatic N) is 4. The number of anilines is 1. The van der Waals surface area contributed by atoms with E-state index in [2.05, 4.69) is 20.4 Å². The average molecular weight is 305 g/mol. The molecule has 0 aliphatic carbocycles. The highest BCUT2D eigenvalue weighted by Crippen LogP contribution is 2.17. The zero-order valence-corrected chi connectivity index (χ0v) is 11.9. The van der Waals surface area contributed by atoms with E-state index in [9.17, 15) is 4.79 Å². The van der Waals surface area contributed by atoms with Gasteiger partial charge in [0.2, 0.25) is 0 Å². The van der Waals surface area contributed by atoms with Gasteiger partial charge in [-0.3, -0.25) is 9.78 Å². The van der Waals surface area contributed by atoms with Crippen LogP contribution in [0.4, 0.5) is 5.82 Å². The van der Waals surface area contributed by atoms with Crippen LogP contribution in [0.2, 0.25) is 0 Å². The lowest BCUT2D eigenvalue weighted by atomic mass is 10.2. The maximum absolute atomic E-state index is 12.0. The zero-order chi connectivity index (χ0) is 15.6. The number of hydrogen-bond acceptors (Lipinski definition) is 5.